The number of rotatable bonds is 17. The number of aliphatic hydroxyl groups excluding tert-OH is 1. The van der Waals surface area contributed by atoms with Gasteiger partial charge in [0.15, 0.2) is 17.1 Å². The number of unbranched alkanes of at least 4 members (excludes halogenated alkanes) is 1. The van der Waals surface area contributed by atoms with Crippen molar-refractivity contribution >= 4 is 50.0 Å². The van der Waals surface area contributed by atoms with Crippen molar-refractivity contribution in [3.8, 4) is 11.8 Å². The second-order valence-electron chi connectivity index (χ2n) is 16.7. The van der Waals surface area contributed by atoms with Gasteiger partial charge in [0.2, 0.25) is 11.0 Å². The zero-order valence-electron chi connectivity index (χ0n) is 34.0. The van der Waals surface area contributed by atoms with Gasteiger partial charge in [0.25, 0.3) is 0 Å². The van der Waals surface area contributed by atoms with Gasteiger partial charge in [0, 0.05) is 47.8 Å². The second-order valence-corrected chi connectivity index (χ2v) is 21.4. The van der Waals surface area contributed by atoms with Gasteiger partial charge in [0.05, 0.1) is 18.9 Å². The topological polar surface area (TPSA) is 212 Å². The van der Waals surface area contributed by atoms with E-state index in [-0.39, 0.29) is 69.1 Å². The van der Waals surface area contributed by atoms with Crippen LogP contribution in [-0.2, 0) is 46.6 Å². The highest BCUT2D eigenvalue weighted by Gasteiger charge is 2.78. The number of thioether (sulfide) groups is 1. The Morgan fingerprint density at radius 3 is 2.58 bits per heavy atom. The van der Waals surface area contributed by atoms with Gasteiger partial charge in [-0.2, -0.15) is 0 Å². The summed E-state index contributed by atoms with van der Waals surface area (Å²) in [6.45, 7) is 5.46. The number of ether oxygens (including phenoxy) is 2. The Kier molecular flexibility index (Phi) is 15.4. The number of hydrogen-bond donors (Lipinski definition) is 4. The van der Waals surface area contributed by atoms with E-state index in [0.717, 1.165) is 43.5 Å². The first-order chi connectivity index (χ1) is 27.7. The molecule has 3 saturated carbocycles. The normalized spacial score (nSPS) is 37.1. The molecule has 0 aromatic heterocycles. The molecular formula is C40H57F2NO13P2S. The van der Waals surface area contributed by atoms with E-state index in [9.17, 15) is 43.2 Å². The van der Waals surface area contributed by atoms with E-state index in [2.05, 4.69) is 21.5 Å². The van der Waals surface area contributed by atoms with Crippen LogP contribution in [0.2, 0.25) is 0 Å². The maximum absolute atomic E-state index is 17.7. The number of carbonyl (C=O) groups excluding carboxylic acids is 4. The highest BCUT2D eigenvalue weighted by atomic mass is 32.2. The zero-order valence-corrected chi connectivity index (χ0v) is 36.6. The van der Waals surface area contributed by atoms with Gasteiger partial charge in [-0.3, -0.25) is 28.3 Å². The molecule has 3 unspecified atom stereocenters. The molecular weight excluding hydrogens is 834 g/mol. The number of carbonyl (C=O) groups is 4. The van der Waals surface area contributed by atoms with Crippen molar-refractivity contribution in [1.82, 2.24) is 5.32 Å². The van der Waals surface area contributed by atoms with E-state index in [1.165, 1.54) is 19.1 Å². The molecule has 330 valence electrons. The summed E-state index contributed by atoms with van der Waals surface area (Å²) in [5.41, 5.74) is -7.19. The fourth-order valence-corrected chi connectivity index (χ4v) is 14.0. The Morgan fingerprint density at radius 1 is 1.10 bits per heavy atom. The van der Waals surface area contributed by atoms with Gasteiger partial charge in [-0.1, -0.05) is 51.0 Å². The summed E-state index contributed by atoms with van der Waals surface area (Å²) >= 11 is 0.809. The van der Waals surface area contributed by atoms with E-state index in [1.807, 2.05) is 0 Å². The minimum Gasteiger partial charge on any atom is -0.449 e. The summed E-state index contributed by atoms with van der Waals surface area (Å²) in [6.07, 6.45) is 3.42. The Labute approximate surface area is 348 Å². The van der Waals surface area contributed by atoms with Crippen LogP contribution in [0.15, 0.2) is 23.8 Å². The Hall–Kier alpha value is -2.25. The van der Waals surface area contributed by atoms with Crippen LogP contribution in [-0.4, -0.2) is 99.0 Å². The summed E-state index contributed by atoms with van der Waals surface area (Å²) in [5.74, 6) is 1.96. The van der Waals surface area contributed by atoms with Crippen LogP contribution in [0.3, 0.4) is 0 Å². The number of aliphatic hydroxyl groups is 1. The number of amides is 1. The zero-order chi connectivity index (χ0) is 43.4. The number of phosphoric acid groups is 1. The number of phosphoric ester groups is 1. The van der Waals surface area contributed by atoms with Crippen LogP contribution >= 0.6 is 27.2 Å². The summed E-state index contributed by atoms with van der Waals surface area (Å²) in [6, 6.07) is 0. The number of esters is 1. The maximum Gasteiger partial charge on any atom is 0.479 e. The molecule has 59 heavy (non-hydrogen) atoms. The van der Waals surface area contributed by atoms with Crippen LogP contribution in [0, 0.1) is 40.4 Å². The molecule has 0 saturated heterocycles. The molecule has 0 spiro atoms. The van der Waals surface area contributed by atoms with E-state index >= 15 is 8.78 Å². The SMILES string of the molecule is CCC(=O)O[C@]1(C(=O)SCCCCP(=O)(O)OP(=O)(O)OCCNC(=O)COC2C#CCCCCC2)[C@H](C)C[C@H]2[C@@H]3C[C@H](F)C4=CC(=O)C=C[C@]4(C)[C@@]3(F)[C@@H](O)C[C@@]21C. The average molecular weight is 892 g/mol. The molecule has 0 radical (unpaired) electrons. The van der Waals surface area contributed by atoms with Crippen LogP contribution in [0.25, 0.3) is 0 Å². The molecule has 5 aliphatic rings. The van der Waals surface area contributed by atoms with Crippen molar-refractivity contribution in [3.05, 3.63) is 23.8 Å². The molecule has 0 bridgehead atoms. The summed E-state index contributed by atoms with van der Waals surface area (Å²) in [7, 11) is -9.69. The second kappa shape index (κ2) is 19.0. The third kappa shape index (κ3) is 9.87. The molecule has 0 heterocycles. The Balaban J connectivity index is 1.15. The number of allylic oxidation sites excluding steroid dienone is 4. The lowest BCUT2D eigenvalue weighted by Gasteiger charge is -2.63. The molecule has 3 fully saturated rings. The van der Waals surface area contributed by atoms with Gasteiger partial charge in [-0.25, -0.2) is 17.7 Å². The summed E-state index contributed by atoms with van der Waals surface area (Å²) in [5, 5.41) is 13.7. The molecule has 1 amide bonds. The van der Waals surface area contributed by atoms with E-state index in [4.69, 9.17) is 14.0 Å². The summed E-state index contributed by atoms with van der Waals surface area (Å²) in [4.78, 5) is 72.1. The van der Waals surface area contributed by atoms with Crippen LogP contribution in [0.1, 0.15) is 98.3 Å². The first-order valence-corrected chi connectivity index (χ1v) is 24.6. The van der Waals surface area contributed by atoms with Crippen molar-refractivity contribution in [2.45, 2.75) is 128 Å². The summed E-state index contributed by atoms with van der Waals surface area (Å²) < 4.78 is 79.7. The van der Waals surface area contributed by atoms with Gasteiger partial charge in [-0.15, -0.1) is 5.92 Å². The van der Waals surface area contributed by atoms with Gasteiger partial charge < -0.3 is 29.7 Å². The van der Waals surface area contributed by atoms with Crippen LogP contribution < -0.4 is 5.32 Å². The molecule has 19 heteroatoms. The monoisotopic (exact) mass is 891 g/mol. The molecule has 0 aromatic rings. The minimum atomic E-state index is -5.01. The maximum atomic E-state index is 17.7. The number of alkyl halides is 2. The molecule has 0 aliphatic heterocycles. The molecule has 5 rings (SSSR count). The number of fused-ring (bicyclic) bond motifs is 5. The van der Waals surface area contributed by atoms with E-state index < -0.39 is 103 Å². The Bertz CT molecular complexity index is 1860. The highest BCUT2D eigenvalue weighted by Crippen LogP contribution is 2.72. The van der Waals surface area contributed by atoms with Crippen molar-refractivity contribution in [2.24, 2.45) is 28.6 Å². The quantitative estimate of drug-likeness (QED) is 0.0565. The lowest BCUT2D eigenvalue weighted by Crippen LogP contribution is -2.70. The van der Waals surface area contributed by atoms with Gasteiger partial charge in [-0.05, 0) is 81.9 Å². The lowest BCUT2D eigenvalue weighted by molar-refractivity contribution is -0.228. The highest BCUT2D eigenvalue weighted by molar-refractivity contribution is 8.13. The molecule has 14 nitrogen and oxygen atoms in total. The van der Waals surface area contributed by atoms with E-state index in [1.54, 1.807) is 20.8 Å². The number of halogens is 2. The predicted molar refractivity (Wildman–Crippen MR) is 214 cm³/mol. The lowest BCUT2D eigenvalue weighted by atomic mass is 9.44. The molecule has 12 atom stereocenters. The molecule has 0 aromatic carbocycles. The average Bonchev–Trinajstić information content (AvgIpc) is 3.36. The number of ketones is 1. The van der Waals surface area contributed by atoms with E-state index in [0.29, 0.717) is 6.42 Å². The largest absolute Gasteiger partial charge is 0.479 e. The number of hydrogen-bond acceptors (Lipinski definition) is 12. The van der Waals surface area contributed by atoms with Crippen LogP contribution in [0.5, 0.6) is 0 Å². The molecule has 4 N–H and O–H groups in total. The van der Waals surface area contributed by atoms with Crippen LogP contribution in [0.4, 0.5) is 8.78 Å². The standard InChI is InChI=1S/C40H57F2NO13P2S/c1-5-35(47)55-40(26(2)21-29-30-23-32(41)31-22-27(44)15-16-37(31,3)39(30,42)33(45)24-38(29,40)4)36(48)59-20-12-11-19-57(49,50)56-58(51,52)54-18-17-43-34(46)25-53-28-13-9-7-6-8-10-14-28/h15-16,22,26,28-30,32-33,45H,5-9,11-13,17-21,23-25H2,1-4H3,(H,43,46)(H,49,50)(H,51,52)/t26-,28?,29+,30+,32+,33+,37+,38+,39+,40+/m1/s1. The fraction of sp³-hybridized carbons (Fsp3) is 0.750. The van der Waals surface area contributed by atoms with Crippen molar-refractivity contribution in [1.29, 1.82) is 0 Å². The first kappa shape index (κ1) is 47.8. The third-order valence-electron chi connectivity index (χ3n) is 13.0. The first-order valence-electron chi connectivity index (χ1n) is 20.4. The van der Waals surface area contributed by atoms with Crippen molar-refractivity contribution in [2.75, 3.05) is 31.7 Å². The van der Waals surface area contributed by atoms with Gasteiger partial charge >= 0.3 is 21.4 Å². The Morgan fingerprint density at radius 2 is 1.85 bits per heavy atom. The van der Waals surface area contributed by atoms with Gasteiger partial charge in [0.1, 0.15) is 18.9 Å². The van der Waals surface area contributed by atoms with Crippen molar-refractivity contribution in [3.63, 3.8) is 0 Å². The predicted octanol–water partition coefficient (Wildman–Crippen LogP) is 6.07. The molecule has 5 aliphatic carbocycles. The minimum absolute atomic E-state index is 0.0276. The fourth-order valence-electron chi connectivity index (χ4n) is 10.1. The third-order valence-corrected chi connectivity index (χ3v) is 17.3. The number of nitrogens with one attached hydrogen (secondary N) is 1. The smallest absolute Gasteiger partial charge is 0.449 e. The van der Waals surface area contributed by atoms with Crippen molar-refractivity contribution < 1.29 is 70.3 Å².